The molecule has 1 heterocycles. The molecular weight excluding hydrogens is 431 g/mol. The molecule has 0 aromatic heterocycles. The van der Waals surface area contributed by atoms with Crippen molar-refractivity contribution in [3.8, 4) is 5.75 Å². The van der Waals surface area contributed by atoms with E-state index in [1.807, 2.05) is 38.1 Å². The van der Waals surface area contributed by atoms with Crippen molar-refractivity contribution in [2.24, 2.45) is 5.41 Å². The van der Waals surface area contributed by atoms with Crippen LogP contribution in [0.25, 0.3) is 0 Å². The van der Waals surface area contributed by atoms with Crippen LogP contribution in [0.1, 0.15) is 58.4 Å². The molecule has 0 spiro atoms. The predicted molar refractivity (Wildman–Crippen MR) is 131 cm³/mol. The minimum atomic E-state index is -0.562. The zero-order valence-electron chi connectivity index (χ0n) is 20.1. The van der Waals surface area contributed by atoms with E-state index in [4.69, 9.17) is 4.74 Å². The fraction of sp³-hybridized carbons (Fsp3) is 0.357. The number of para-hydroxylation sites is 1. The number of allylic oxidation sites excluding steroid dienone is 3. The average molecular weight is 463 g/mol. The molecule has 1 aliphatic heterocycles. The second kappa shape index (κ2) is 9.45. The van der Waals surface area contributed by atoms with Crippen molar-refractivity contribution >= 4 is 17.4 Å². The van der Waals surface area contributed by atoms with Gasteiger partial charge in [0.1, 0.15) is 11.6 Å². The van der Waals surface area contributed by atoms with Gasteiger partial charge in [0.15, 0.2) is 5.78 Å². The molecule has 4 rings (SSSR count). The van der Waals surface area contributed by atoms with E-state index in [0.717, 1.165) is 17.7 Å². The van der Waals surface area contributed by atoms with Crippen molar-refractivity contribution in [2.75, 3.05) is 11.9 Å². The molecule has 2 aromatic rings. The predicted octanol–water partition coefficient (Wildman–Crippen LogP) is 5.86. The second-order valence-corrected chi connectivity index (χ2v) is 9.78. The minimum Gasteiger partial charge on any atom is -0.493 e. The lowest BCUT2D eigenvalue weighted by Gasteiger charge is -2.40. The number of anilines is 1. The van der Waals surface area contributed by atoms with E-state index in [9.17, 15) is 14.0 Å². The normalized spacial score (nSPS) is 19.4. The van der Waals surface area contributed by atoms with E-state index in [1.165, 1.54) is 24.3 Å². The average Bonchev–Trinajstić information content (AvgIpc) is 2.77. The minimum absolute atomic E-state index is 0.0358. The van der Waals surface area contributed by atoms with Crippen molar-refractivity contribution in [1.82, 2.24) is 5.32 Å². The number of carbonyl (C=O) groups excluding carboxylic acids is 2. The van der Waals surface area contributed by atoms with E-state index < -0.39 is 5.92 Å². The Kier molecular flexibility index (Phi) is 6.60. The molecule has 2 aromatic carbocycles. The second-order valence-electron chi connectivity index (χ2n) is 9.78. The van der Waals surface area contributed by atoms with E-state index >= 15 is 0 Å². The third kappa shape index (κ3) is 4.76. The van der Waals surface area contributed by atoms with Crippen LogP contribution in [0.2, 0.25) is 0 Å². The largest absolute Gasteiger partial charge is 0.493 e. The molecule has 0 bridgehead atoms. The number of halogens is 1. The Morgan fingerprint density at radius 3 is 2.56 bits per heavy atom. The highest BCUT2D eigenvalue weighted by Gasteiger charge is 2.43. The summed E-state index contributed by atoms with van der Waals surface area (Å²) in [6, 6.07) is 13.2. The van der Waals surface area contributed by atoms with Gasteiger partial charge in [-0.15, -0.1) is 0 Å². The maximum Gasteiger partial charge on any atom is 0.254 e. The molecule has 0 radical (unpaired) electrons. The summed E-state index contributed by atoms with van der Waals surface area (Å²) < 4.78 is 19.4. The van der Waals surface area contributed by atoms with Crippen LogP contribution in [0.15, 0.2) is 71.1 Å². The van der Waals surface area contributed by atoms with Gasteiger partial charge in [-0.05, 0) is 55.5 Å². The highest BCUT2D eigenvalue weighted by Crippen LogP contribution is 2.48. The van der Waals surface area contributed by atoms with E-state index in [2.05, 4.69) is 24.5 Å². The Morgan fingerprint density at radius 1 is 1.15 bits per heavy atom. The Morgan fingerprint density at radius 2 is 1.85 bits per heavy atom. The van der Waals surface area contributed by atoms with Gasteiger partial charge in [-0.3, -0.25) is 9.59 Å². The summed E-state index contributed by atoms with van der Waals surface area (Å²) in [5.74, 6) is -0.573. The zero-order chi connectivity index (χ0) is 24.5. The Hall–Kier alpha value is -3.41. The summed E-state index contributed by atoms with van der Waals surface area (Å²) in [5.41, 5.74) is 3.76. The SMILES string of the molecule is CCCOc1ccccc1C1C(C(=O)Nc2ccc(F)cc2)=C(C)NC2=C1C(=O)CC(C)(C)C2. The van der Waals surface area contributed by atoms with Crippen LogP contribution in [0.3, 0.4) is 0 Å². The van der Waals surface area contributed by atoms with Gasteiger partial charge in [0.05, 0.1) is 12.5 Å². The number of ketones is 1. The van der Waals surface area contributed by atoms with Crippen molar-refractivity contribution in [1.29, 1.82) is 0 Å². The quantitative estimate of drug-likeness (QED) is 0.565. The lowest BCUT2D eigenvalue weighted by molar-refractivity contribution is -0.118. The van der Waals surface area contributed by atoms with Crippen molar-refractivity contribution in [2.45, 2.75) is 52.9 Å². The summed E-state index contributed by atoms with van der Waals surface area (Å²) in [5, 5.41) is 6.25. The van der Waals surface area contributed by atoms with Crippen LogP contribution < -0.4 is 15.4 Å². The Bertz CT molecular complexity index is 1180. The van der Waals surface area contributed by atoms with Gasteiger partial charge < -0.3 is 15.4 Å². The first-order valence-electron chi connectivity index (χ1n) is 11.7. The Balaban J connectivity index is 1.82. The molecule has 0 saturated heterocycles. The van der Waals surface area contributed by atoms with Crippen LogP contribution in [-0.2, 0) is 9.59 Å². The number of Topliss-reactive ketones (excluding diaryl/α,β-unsaturated/α-hetero) is 1. The molecule has 1 amide bonds. The highest BCUT2D eigenvalue weighted by molar-refractivity contribution is 6.10. The number of nitrogens with one attached hydrogen (secondary N) is 2. The van der Waals surface area contributed by atoms with E-state index in [0.29, 0.717) is 47.7 Å². The topological polar surface area (TPSA) is 67.4 Å². The number of benzene rings is 2. The molecule has 1 unspecified atom stereocenters. The number of amides is 1. The molecule has 2 aliphatic rings. The first-order valence-corrected chi connectivity index (χ1v) is 11.7. The molecule has 6 heteroatoms. The van der Waals surface area contributed by atoms with Crippen LogP contribution >= 0.6 is 0 Å². The van der Waals surface area contributed by atoms with Gasteiger partial charge >= 0.3 is 0 Å². The van der Waals surface area contributed by atoms with Crippen LogP contribution in [0.5, 0.6) is 5.75 Å². The van der Waals surface area contributed by atoms with Crippen molar-refractivity contribution in [3.63, 3.8) is 0 Å². The molecule has 1 aliphatic carbocycles. The standard InChI is InChI=1S/C28H31FN2O3/c1-5-14-34-23-9-7-6-8-20(23)25-24(27(33)31-19-12-10-18(29)11-13-19)17(2)30-21-15-28(3,4)16-22(32)26(21)25/h6-13,25,30H,5,14-16H2,1-4H3,(H,31,33). The molecular formula is C28H31FN2O3. The number of dihydropyridines is 1. The highest BCUT2D eigenvalue weighted by atomic mass is 19.1. The fourth-order valence-electron chi connectivity index (χ4n) is 4.84. The van der Waals surface area contributed by atoms with Gasteiger partial charge in [-0.25, -0.2) is 4.39 Å². The van der Waals surface area contributed by atoms with Crippen LogP contribution in [0.4, 0.5) is 10.1 Å². The van der Waals surface area contributed by atoms with E-state index in [-0.39, 0.29) is 22.9 Å². The molecule has 0 saturated carbocycles. The summed E-state index contributed by atoms with van der Waals surface area (Å²) >= 11 is 0. The van der Waals surface area contributed by atoms with Gasteiger partial charge in [-0.1, -0.05) is 39.0 Å². The van der Waals surface area contributed by atoms with Gasteiger partial charge in [0, 0.05) is 40.2 Å². The first kappa shape index (κ1) is 23.7. The maximum atomic E-state index is 13.6. The molecule has 34 heavy (non-hydrogen) atoms. The molecule has 178 valence electrons. The zero-order valence-corrected chi connectivity index (χ0v) is 20.1. The summed E-state index contributed by atoms with van der Waals surface area (Å²) in [6.45, 7) is 8.59. The third-order valence-corrected chi connectivity index (χ3v) is 6.28. The number of carbonyl (C=O) groups is 2. The molecule has 1 atom stereocenters. The van der Waals surface area contributed by atoms with Gasteiger partial charge in [0.2, 0.25) is 0 Å². The lowest BCUT2D eigenvalue weighted by Crippen LogP contribution is -2.39. The molecule has 0 fully saturated rings. The molecule has 2 N–H and O–H groups in total. The van der Waals surface area contributed by atoms with E-state index in [1.54, 1.807) is 0 Å². The number of hydrogen-bond donors (Lipinski definition) is 2. The van der Waals surface area contributed by atoms with Crippen LogP contribution in [-0.4, -0.2) is 18.3 Å². The third-order valence-electron chi connectivity index (χ3n) is 6.28. The monoisotopic (exact) mass is 462 g/mol. The molecule has 5 nitrogen and oxygen atoms in total. The van der Waals surface area contributed by atoms with Crippen LogP contribution in [0, 0.1) is 11.2 Å². The van der Waals surface area contributed by atoms with Gasteiger partial charge in [-0.2, -0.15) is 0 Å². The van der Waals surface area contributed by atoms with Crippen molar-refractivity contribution in [3.05, 3.63) is 82.5 Å². The summed E-state index contributed by atoms with van der Waals surface area (Å²) in [6.07, 6.45) is 1.97. The number of rotatable bonds is 6. The van der Waals surface area contributed by atoms with Crippen molar-refractivity contribution < 1.29 is 18.7 Å². The Labute approximate surface area is 200 Å². The smallest absolute Gasteiger partial charge is 0.254 e. The summed E-state index contributed by atoms with van der Waals surface area (Å²) in [4.78, 5) is 27.1. The fourth-order valence-corrected chi connectivity index (χ4v) is 4.84. The number of ether oxygens (including phenoxy) is 1. The lowest BCUT2D eigenvalue weighted by atomic mass is 9.68. The van der Waals surface area contributed by atoms with Gasteiger partial charge in [0.25, 0.3) is 5.91 Å². The summed E-state index contributed by atoms with van der Waals surface area (Å²) in [7, 11) is 0. The maximum absolute atomic E-state index is 13.6. The first-order chi connectivity index (χ1) is 16.2. The number of hydrogen-bond acceptors (Lipinski definition) is 4.